The van der Waals surface area contributed by atoms with Crippen LogP contribution in [0.3, 0.4) is 0 Å². The van der Waals surface area contributed by atoms with E-state index in [1.54, 1.807) is 13.8 Å². The van der Waals surface area contributed by atoms with Crippen LogP contribution < -0.4 is 4.74 Å². The Hall–Kier alpha value is -1.41. The van der Waals surface area contributed by atoms with Crippen LogP contribution in [0.1, 0.15) is 26.3 Å². The van der Waals surface area contributed by atoms with E-state index in [0.717, 1.165) is 12.1 Å². The highest BCUT2D eigenvalue weighted by molar-refractivity contribution is 7.54. The van der Waals surface area contributed by atoms with Crippen LogP contribution >= 0.6 is 7.60 Å². The molecule has 0 N–H and O–H groups in total. The number of rotatable bonds is 7. The molecule has 0 aliphatic heterocycles. The van der Waals surface area contributed by atoms with Crippen molar-refractivity contribution in [1.29, 1.82) is 5.26 Å². The highest BCUT2D eigenvalue weighted by Gasteiger charge is 2.34. The van der Waals surface area contributed by atoms with Gasteiger partial charge in [-0.1, -0.05) is 0 Å². The minimum absolute atomic E-state index is 0.0244. The molecule has 20 heavy (non-hydrogen) atoms. The summed E-state index contributed by atoms with van der Waals surface area (Å²) in [7, 11) is -3.44. The summed E-state index contributed by atoms with van der Waals surface area (Å²) in [4.78, 5) is 0. The summed E-state index contributed by atoms with van der Waals surface area (Å²) in [5.41, 5.74) is 0.0244. The number of hydrogen-bond donors (Lipinski definition) is 0. The van der Waals surface area contributed by atoms with Gasteiger partial charge in [0.2, 0.25) is 0 Å². The Morgan fingerprint density at radius 1 is 1.35 bits per heavy atom. The first-order chi connectivity index (χ1) is 9.46. The van der Waals surface area contributed by atoms with Crippen molar-refractivity contribution >= 4 is 7.60 Å². The van der Waals surface area contributed by atoms with Gasteiger partial charge in [-0.3, -0.25) is 4.57 Å². The van der Waals surface area contributed by atoms with Crippen LogP contribution in [-0.4, -0.2) is 19.1 Å². The predicted octanol–water partition coefficient (Wildman–Crippen LogP) is 3.69. The Morgan fingerprint density at radius 3 is 2.45 bits per heavy atom. The minimum Gasteiger partial charge on any atom is -0.477 e. The second kappa shape index (κ2) is 7.39. The molecule has 1 aromatic carbocycles. The smallest absolute Gasteiger partial charge is 0.370 e. The Morgan fingerprint density at radius 2 is 1.95 bits per heavy atom. The maximum absolute atomic E-state index is 13.0. The molecule has 0 bridgehead atoms. The fourth-order valence-corrected chi connectivity index (χ4v) is 3.00. The molecule has 0 saturated carbocycles. The van der Waals surface area contributed by atoms with Crippen molar-refractivity contribution < 1.29 is 22.7 Å². The first-order valence-electron chi connectivity index (χ1n) is 6.22. The zero-order chi connectivity index (χ0) is 15.2. The molecule has 5 nitrogen and oxygen atoms in total. The van der Waals surface area contributed by atoms with Gasteiger partial charge in [-0.05, 0) is 39.0 Å². The van der Waals surface area contributed by atoms with E-state index in [2.05, 4.69) is 0 Å². The van der Waals surface area contributed by atoms with Crippen LogP contribution in [0.5, 0.6) is 5.75 Å². The van der Waals surface area contributed by atoms with E-state index in [1.165, 1.54) is 13.0 Å². The Balaban J connectivity index is 2.97. The molecule has 0 amide bonds. The second-order valence-electron chi connectivity index (χ2n) is 3.84. The largest absolute Gasteiger partial charge is 0.477 e. The van der Waals surface area contributed by atoms with Gasteiger partial charge in [0, 0.05) is 0 Å². The standard InChI is InChI=1S/C13H17FNO4P/c1-4-17-20(16,18-5-2)10(3)19-13-7-6-12(14)8-11(13)9-15/h6-8,10H,4-5H2,1-3H3. The predicted molar refractivity (Wildman–Crippen MR) is 72.1 cm³/mol. The molecule has 0 aliphatic carbocycles. The molecule has 0 spiro atoms. The summed E-state index contributed by atoms with van der Waals surface area (Å²) in [6.07, 6.45) is 0. The monoisotopic (exact) mass is 301 g/mol. The lowest BCUT2D eigenvalue weighted by Gasteiger charge is -2.24. The third-order valence-electron chi connectivity index (χ3n) is 2.42. The van der Waals surface area contributed by atoms with Gasteiger partial charge >= 0.3 is 7.60 Å². The van der Waals surface area contributed by atoms with E-state index in [-0.39, 0.29) is 24.5 Å². The summed E-state index contributed by atoms with van der Waals surface area (Å²) in [5, 5.41) is 8.94. The molecule has 0 aliphatic rings. The van der Waals surface area contributed by atoms with Crippen molar-refractivity contribution in [2.24, 2.45) is 0 Å². The van der Waals surface area contributed by atoms with Crippen molar-refractivity contribution in [2.45, 2.75) is 26.6 Å². The number of nitrogens with zero attached hydrogens (tertiary/aromatic N) is 1. The maximum Gasteiger partial charge on any atom is 0.370 e. The molecule has 0 radical (unpaired) electrons. The van der Waals surface area contributed by atoms with Crippen molar-refractivity contribution in [1.82, 2.24) is 0 Å². The Bertz CT molecular complexity index is 534. The molecule has 1 rings (SSSR count). The van der Waals surface area contributed by atoms with Crippen molar-refractivity contribution in [3.05, 3.63) is 29.6 Å². The molecule has 1 unspecified atom stereocenters. The van der Waals surface area contributed by atoms with E-state index in [0.29, 0.717) is 0 Å². The van der Waals surface area contributed by atoms with Crippen molar-refractivity contribution in [3.63, 3.8) is 0 Å². The van der Waals surface area contributed by atoms with E-state index in [4.69, 9.17) is 19.0 Å². The Labute approximate surface area is 117 Å². The zero-order valence-corrected chi connectivity index (χ0v) is 12.5. The Kier molecular flexibility index (Phi) is 6.15. The lowest BCUT2D eigenvalue weighted by atomic mass is 10.2. The molecule has 0 aromatic heterocycles. The van der Waals surface area contributed by atoms with Gasteiger partial charge in [0.05, 0.1) is 18.8 Å². The van der Waals surface area contributed by atoms with E-state index < -0.39 is 19.3 Å². The van der Waals surface area contributed by atoms with Crippen LogP contribution in [0.4, 0.5) is 4.39 Å². The molecule has 0 heterocycles. The second-order valence-corrected chi connectivity index (χ2v) is 6.17. The molecular weight excluding hydrogens is 284 g/mol. The van der Waals surface area contributed by atoms with Crippen molar-refractivity contribution in [2.75, 3.05) is 13.2 Å². The molecule has 0 saturated heterocycles. The van der Waals surface area contributed by atoms with Crippen LogP contribution in [0.15, 0.2) is 18.2 Å². The molecule has 1 atom stereocenters. The van der Waals surface area contributed by atoms with Crippen LogP contribution in [0.2, 0.25) is 0 Å². The van der Waals surface area contributed by atoms with Gasteiger partial charge in [-0.2, -0.15) is 5.26 Å². The minimum atomic E-state index is -3.44. The van der Waals surface area contributed by atoms with Gasteiger partial charge < -0.3 is 13.8 Å². The average Bonchev–Trinajstić information content (AvgIpc) is 2.41. The summed E-state index contributed by atoms with van der Waals surface area (Å²) in [6.45, 7) is 5.32. The number of ether oxygens (including phenoxy) is 1. The molecule has 0 fully saturated rings. The van der Waals surface area contributed by atoms with E-state index >= 15 is 0 Å². The summed E-state index contributed by atoms with van der Waals surface area (Å²) < 4.78 is 41.3. The highest BCUT2D eigenvalue weighted by Crippen LogP contribution is 2.53. The third kappa shape index (κ3) is 4.04. The van der Waals surface area contributed by atoms with Crippen LogP contribution in [0.25, 0.3) is 0 Å². The fraction of sp³-hybridized carbons (Fsp3) is 0.462. The number of hydrogen-bond acceptors (Lipinski definition) is 5. The van der Waals surface area contributed by atoms with Crippen molar-refractivity contribution in [3.8, 4) is 11.8 Å². The summed E-state index contributed by atoms with van der Waals surface area (Å²) in [5.74, 6) is -1.31. The highest BCUT2D eigenvalue weighted by atomic mass is 31.2. The third-order valence-corrected chi connectivity index (χ3v) is 4.66. The summed E-state index contributed by atoms with van der Waals surface area (Å²) in [6, 6.07) is 5.34. The molecular formula is C13H17FNO4P. The van der Waals surface area contributed by atoms with E-state index in [1.807, 2.05) is 6.07 Å². The van der Waals surface area contributed by atoms with E-state index in [9.17, 15) is 8.96 Å². The first-order valence-corrected chi connectivity index (χ1v) is 7.83. The lowest BCUT2D eigenvalue weighted by Crippen LogP contribution is -2.17. The van der Waals surface area contributed by atoms with Gasteiger partial charge in [0.25, 0.3) is 0 Å². The first kappa shape index (κ1) is 16.6. The topological polar surface area (TPSA) is 68.6 Å². The zero-order valence-electron chi connectivity index (χ0n) is 11.6. The lowest BCUT2D eigenvalue weighted by molar-refractivity contribution is 0.168. The average molecular weight is 301 g/mol. The summed E-state index contributed by atoms with van der Waals surface area (Å²) >= 11 is 0. The van der Waals surface area contributed by atoms with Gasteiger partial charge in [0.15, 0.2) is 5.85 Å². The van der Waals surface area contributed by atoms with Gasteiger partial charge in [-0.15, -0.1) is 0 Å². The maximum atomic E-state index is 13.0. The quantitative estimate of drug-likeness (QED) is 0.718. The number of nitriles is 1. The normalized spacial score (nSPS) is 12.8. The molecule has 1 aromatic rings. The number of benzene rings is 1. The fourth-order valence-electron chi connectivity index (χ4n) is 1.55. The molecule has 7 heteroatoms. The van der Waals surface area contributed by atoms with Crippen LogP contribution in [0, 0.1) is 17.1 Å². The SMILES string of the molecule is CCOP(=O)(OCC)C(C)Oc1ccc(F)cc1C#N. The molecule has 110 valence electrons. The van der Waals surface area contributed by atoms with Crippen LogP contribution in [-0.2, 0) is 13.6 Å². The van der Waals surface area contributed by atoms with Gasteiger partial charge in [-0.25, -0.2) is 4.39 Å². The van der Waals surface area contributed by atoms with Gasteiger partial charge in [0.1, 0.15) is 17.6 Å². The number of halogens is 1.